The van der Waals surface area contributed by atoms with E-state index in [-0.39, 0.29) is 5.75 Å². The van der Waals surface area contributed by atoms with E-state index in [0.29, 0.717) is 17.1 Å². The molecule has 0 unspecified atom stereocenters. The minimum absolute atomic E-state index is 0.134. The second kappa shape index (κ2) is 8.85. The van der Waals surface area contributed by atoms with E-state index < -0.39 is 11.8 Å². The lowest BCUT2D eigenvalue weighted by Gasteiger charge is -2.09. The summed E-state index contributed by atoms with van der Waals surface area (Å²) in [5.41, 5.74) is 3.12. The van der Waals surface area contributed by atoms with E-state index in [9.17, 15) is 9.18 Å². The Morgan fingerprint density at radius 2 is 1.31 bits per heavy atom. The standard InChI is InChI=1S/C25H19FO3/c1-4-17(3)28-21-12-10-19(11-13-21)18-6-8-20(9-7-18)23-15-14-22(16-24(23)26)29-25(27)5-2/h4-16H,1-3H2. The van der Waals surface area contributed by atoms with Crippen molar-refractivity contribution in [3.8, 4) is 33.8 Å². The topological polar surface area (TPSA) is 35.5 Å². The molecule has 0 saturated heterocycles. The molecule has 3 aromatic carbocycles. The number of halogens is 1. The molecule has 0 aromatic heterocycles. The van der Waals surface area contributed by atoms with Crippen LogP contribution in [0.15, 0.2) is 104 Å². The van der Waals surface area contributed by atoms with Crippen LogP contribution in [0.4, 0.5) is 4.39 Å². The van der Waals surface area contributed by atoms with E-state index in [1.54, 1.807) is 18.2 Å². The molecule has 3 rings (SSSR count). The molecule has 0 heterocycles. The van der Waals surface area contributed by atoms with Gasteiger partial charge in [0.05, 0.1) is 0 Å². The Morgan fingerprint density at radius 1 is 0.759 bits per heavy atom. The van der Waals surface area contributed by atoms with Crippen LogP contribution in [0.2, 0.25) is 0 Å². The summed E-state index contributed by atoms with van der Waals surface area (Å²) < 4.78 is 24.9. The maximum atomic E-state index is 14.4. The number of carbonyl (C=O) groups is 1. The molecule has 0 aliphatic heterocycles. The molecule has 144 valence electrons. The average molecular weight is 386 g/mol. The van der Waals surface area contributed by atoms with Gasteiger partial charge in [0, 0.05) is 17.7 Å². The Kier molecular flexibility index (Phi) is 6.05. The normalized spacial score (nSPS) is 10.1. The third-order valence-corrected chi connectivity index (χ3v) is 4.19. The van der Waals surface area contributed by atoms with Crippen LogP contribution in [-0.2, 0) is 4.79 Å². The first-order valence-corrected chi connectivity index (χ1v) is 8.84. The fourth-order valence-corrected chi connectivity index (χ4v) is 2.70. The quantitative estimate of drug-likeness (QED) is 0.156. The molecule has 0 N–H and O–H groups in total. The van der Waals surface area contributed by atoms with Crippen LogP contribution in [0.3, 0.4) is 0 Å². The van der Waals surface area contributed by atoms with E-state index in [1.807, 2.05) is 48.5 Å². The van der Waals surface area contributed by atoms with Gasteiger partial charge in [0.15, 0.2) is 0 Å². The van der Waals surface area contributed by atoms with Gasteiger partial charge in [-0.1, -0.05) is 56.1 Å². The van der Waals surface area contributed by atoms with Crippen LogP contribution in [0.5, 0.6) is 11.5 Å². The molecule has 0 fully saturated rings. The molecule has 29 heavy (non-hydrogen) atoms. The highest BCUT2D eigenvalue weighted by Crippen LogP contribution is 2.29. The highest BCUT2D eigenvalue weighted by molar-refractivity contribution is 5.83. The lowest BCUT2D eigenvalue weighted by molar-refractivity contribution is -0.128. The highest BCUT2D eigenvalue weighted by Gasteiger charge is 2.09. The first-order valence-electron chi connectivity index (χ1n) is 8.84. The molecule has 0 bridgehead atoms. The van der Waals surface area contributed by atoms with Crippen LogP contribution < -0.4 is 9.47 Å². The van der Waals surface area contributed by atoms with E-state index in [1.165, 1.54) is 6.07 Å². The molecule has 0 atom stereocenters. The fraction of sp³-hybridized carbons (Fsp3) is 0. The smallest absolute Gasteiger partial charge is 0.335 e. The molecule has 0 radical (unpaired) electrons. The SMILES string of the molecule is C=CC(=C)Oc1ccc(-c2ccc(-c3ccc(OC(=O)C=C)cc3F)cc2)cc1. The Bertz CT molecular complexity index is 1060. The van der Waals surface area contributed by atoms with Gasteiger partial charge >= 0.3 is 5.97 Å². The van der Waals surface area contributed by atoms with Gasteiger partial charge in [0.1, 0.15) is 23.1 Å². The monoisotopic (exact) mass is 386 g/mol. The maximum Gasteiger partial charge on any atom is 0.335 e. The van der Waals surface area contributed by atoms with Gasteiger partial charge in [-0.15, -0.1) is 0 Å². The number of hydrogen-bond acceptors (Lipinski definition) is 3. The van der Waals surface area contributed by atoms with Gasteiger partial charge < -0.3 is 9.47 Å². The number of benzene rings is 3. The van der Waals surface area contributed by atoms with Crippen molar-refractivity contribution in [3.05, 3.63) is 110 Å². The van der Waals surface area contributed by atoms with Gasteiger partial charge in [0.25, 0.3) is 0 Å². The zero-order chi connectivity index (χ0) is 20.8. The first-order chi connectivity index (χ1) is 14.0. The molecule has 4 heteroatoms. The van der Waals surface area contributed by atoms with Crippen LogP contribution >= 0.6 is 0 Å². The van der Waals surface area contributed by atoms with Crippen LogP contribution in [0.1, 0.15) is 0 Å². The van der Waals surface area contributed by atoms with Crippen molar-refractivity contribution in [2.45, 2.75) is 0 Å². The van der Waals surface area contributed by atoms with Crippen molar-refractivity contribution in [3.63, 3.8) is 0 Å². The Hall–Kier alpha value is -3.92. The third-order valence-electron chi connectivity index (χ3n) is 4.19. The Morgan fingerprint density at radius 3 is 1.86 bits per heavy atom. The lowest BCUT2D eigenvalue weighted by atomic mass is 10.00. The minimum Gasteiger partial charge on any atom is -0.458 e. The molecule has 0 aliphatic rings. The number of ether oxygens (including phenoxy) is 2. The molecule has 0 saturated carbocycles. The molecule has 0 spiro atoms. The van der Waals surface area contributed by atoms with Gasteiger partial charge in [-0.25, -0.2) is 9.18 Å². The third kappa shape index (κ3) is 4.87. The number of hydrogen-bond donors (Lipinski definition) is 0. The summed E-state index contributed by atoms with van der Waals surface area (Å²) >= 11 is 0. The molecular formula is C25H19FO3. The van der Waals surface area contributed by atoms with Crippen molar-refractivity contribution < 1.29 is 18.7 Å². The summed E-state index contributed by atoms with van der Waals surface area (Å²) in [6.07, 6.45) is 2.57. The summed E-state index contributed by atoms with van der Waals surface area (Å²) in [5, 5.41) is 0. The van der Waals surface area contributed by atoms with Crippen molar-refractivity contribution in [1.82, 2.24) is 0 Å². The highest BCUT2D eigenvalue weighted by atomic mass is 19.1. The Labute approximate surface area is 169 Å². The van der Waals surface area contributed by atoms with Crippen molar-refractivity contribution in [2.24, 2.45) is 0 Å². The molecule has 3 aromatic rings. The largest absolute Gasteiger partial charge is 0.458 e. The zero-order valence-corrected chi connectivity index (χ0v) is 15.7. The zero-order valence-electron chi connectivity index (χ0n) is 15.7. The van der Waals surface area contributed by atoms with Crippen molar-refractivity contribution in [1.29, 1.82) is 0 Å². The van der Waals surface area contributed by atoms with Gasteiger partial charge in [-0.3, -0.25) is 0 Å². The van der Waals surface area contributed by atoms with E-state index in [4.69, 9.17) is 9.47 Å². The predicted molar refractivity (Wildman–Crippen MR) is 113 cm³/mol. The summed E-state index contributed by atoms with van der Waals surface area (Å²) in [6.45, 7) is 10.6. The predicted octanol–water partition coefficient (Wildman–Crippen LogP) is 6.33. The number of esters is 1. The van der Waals surface area contributed by atoms with Gasteiger partial charge in [-0.2, -0.15) is 0 Å². The Balaban J connectivity index is 1.78. The maximum absolute atomic E-state index is 14.4. The van der Waals surface area contributed by atoms with Crippen LogP contribution in [0, 0.1) is 5.82 Å². The van der Waals surface area contributed by atoms with E-state index >= 15 is 0 Å². The van der Waals surface area contributed by atoms with Crippen LogP contribution in [-0.4, -0.2) is 5.97 Å². The second-order valence-corrected chi connectivity index (χ2v) is 6.14. The lowest BCUT2D eigenvalue weighted by Crippen LogP contribution is -2.03. The van der Waals surface area contributed by atoms with Crippen LogP contribution in [0.25, 0.3) is 22.3 Å². The summed E-state index contributed by atoms with van der Waals surface area (Å²) in [5.74, 6) is 0.181. The summed E-state index contributed by atoms with van der Waals surface area (Å²) in [6, 6.07) is 19.4. The van der Waals surface area contributed by atoms with Gasteiger partial charge in [0.2, 0.25) is 0 Å². The van der Waals surface area contributed by atoms with E-state index in [2.05, 4.69) is 19.7 Å². The molecule has 0 aliphatic carbocycles. The molecular weight excluding hydrogens is 367 g/mol. The second-order valence-electron chi connectivity index (χ2n) is 6.14. The van der Waals surface area contributed by atoms with E-state index in [0.717, 1.165) is 22.8 Å². The number of allylic oxidation sites excluding steroid dienone is 1. The van der Waals surface area contributed by atoms with Crippen molar-refractivity contribution >= 4 is 5.97 Å². The summed E-state index contributed by atoms with van der Waals surface area (Å²) in [7, 11) is 0. The average Bonchev–Trinajstić information content (AvgIpc) is 2.74. The van der Waals surface area contributed by atoms with Gasteiger partial charge in [-0.05, 0) is 47.0 Å². The first kappa shape index (κ1) is 19.8. The minimum atomic E-state index is -0.633. The molecule has 3 nitrogen and oxygen atoms in total. The molecule has 0 amide bonds. The fourth-order valence-electron chi connectivity index (χ4n) is 2.70. The summed E-state index contributed by atoms with van der Waals surface area (Å²) in [4.78, 5) is 11.2. The number of carbonyl (C=O) groups excluding carboxylic acids is 1. The number of rotatable bonds is 7. The van der Waals surface area contributed by atoms with Crippen molar-refractivity contribution in [2.75, 3.05) is 0 Å².